The molecule has 0 saturated carbocycles. The number of rotatable bonds is 5. The topological polar surface area (TPSA) is 82.5 Å². The Bertz CT molecular complexity index is 1020. The van der Waals surface area contributed by atoms with Gasteiger partial charge in [-0.15, -0.1) is 11.3 Å². The Morgan fingerprint density at radius 3 is 2.14 bits per heavy atom. The molecule has 0 atom stereocenters. The highest BCUT2D eigenvalue weighted by Crippen LogP contribution is 2.32. The molecular formula is C20H21N3O4S. The number of thiazole rings is 1. The van der Waals surface area contributed by atoms with Gasteiger partial charge in [0.15, 0.2) is 5.13 Å². The molecule has 3 rings (SSSR count). The number of anilines is 1. The molecule has 7 nitrogen and oxygen atoms in total. The zero-order valence-corrected chi connectivity index (χ0v) is 17.1. The minimum absolute atomic E-state index is 0.278. The maximum absolute atomic E-state index is 12.1. The van der Waals surface area contributed by atoms with Crippen molar-refractivity contribution in [3.63, 3.8) is 0 Å². The van der Waals surface area contributed by atoms with Crippen molar-refractivity contribution in [2.75, 3.05) is 26.6 Å². The number of nitrogens with zero attached hydrogens (tertiary/aromatic N) is 2. The first-order chi connectivity index (χ1) is 13.4. The molecule has 2 heterocycles. The monoisotopic (exact) mass is 399 g/mol. The number of aryl methyl sites for hydroxylation is 1. The number of esters is 2. The van der Waals surface area contributed by atoms with E-state index in [2.05, 4.69) is 10.3 Å². The van der Waals surface area contributed by atoms with Crippen LogP contribution in [0.5, 0.6) is 0 Å². The fraction of sp³-hybridized carbons (Fsp3) is 0.250. The molecule has 0 radical (unpaired) electrons. The molecule has 8 heteroatoms. The quantitative estimate of drug-likeness (QED) is 0.657. The molecule has 0 amide bonds. The van der Waals surface area contributed by atoms with Crippen molar-refractivity contribution in [3.05, 3.63) is 52.2 Å². The second kappa shape index (κ2) is 7.85. The summed E-state index contributed by atoms with van der Waals surface area (Å²) in [5, 5.41) is 5.86. The summed E-state index contributed by atoms with van der Waals surface area (Å²) >= 11 is 1.53. The predicted molar refractivity (Wildman–Crippen MR) is 109 cm³/mol. The third-order valence-electron chi connectivity index (χ3n) is 4.44. The Kier molecular flexibility index (Phi) is 5.51. The lowest BCUT2D eigenvalue weighted by Gasteiger charge is -2.13. The number of hydrogen-bond donors (Lipinski definition) is 1. The Morgan fingerprint density at radius 2 is 1.64 bits per heavy atom. The van der Waals surface area contributed by atoms with E-state index in [1.165, 1.54) is 31.6 Å². The molecule has 0 bridgehead atoms. The van der Waals surface area contributed by atoms with Gasteiger partial charge in [0.2, 0.25) is 0 Å². The molecule has 1 N–H and O–H groups in total. The van der Waals surface area contributed by atoms with E-state index in [4.69, 9.17) is 9.47 Å². The molecule has 28 heavy (non-hydrogen) atoms. The first kappa shape index (κ1) is 19.6. The lowest BCUT2D eigenvalue weighted by atomic mass is 10.1. The van der Waals surface area contributed by atoms with Crippen LogP contribution in [-0.4, -0.2) is 42.8 Å². The van der Waals surface area contributed by atoms with Gasteiger partial charge in [-0.25, -0.2) is 14.6 Å². The van der Waals surface area contributed by atoms with Crippen LogP contribution in [0.1, 0.15) is 32.1 Å². The molecular weight excluding hydrogens is 378 g/mol. The Balaban J connectivity index is 2.17. The molecule has 0 aliphatic carbocycles. The standard InChI is InChI=1S/C20H21N3O4S/c1-11-6-16(17-10-28-20(21-3)22-17)12(2)23(11)15-8-13(18(24)26-4)7-14(9-15)19(25)27-5/h6-10H,1-5H3,(H,21,22). The predicted octanol–water partition coefficient (Wildman–Crippen LogP) is 3.83. The van der Waals surface area contributed by atoms with E-state index in [0.29, 0.717) is 5.69 Å². The van der Waals surface area contributed by atoms with Gasteiger partial charge in [-0.3, -0.25) is 0 Å². The van der Waals surface area contributed by atoms with E-state index in [1.54, 1.807) is 12.1 Å². The molecule has 146 valence electrons. The number of carbonyl (C=O) groups is 2. The third kappa shape index (κ3) is 3.50. The van der Waals surface area contributed by atoms with Crippen LogP contribution in [-0.2, 0) is 9.47 Å². The van der Waals surface area contributed by atoms with Crippen LogP contribution >= 0.6 is 11.3 Å². The average molecular weight is 399 g/mol. The van der Waals surface area contributed by atoms with E-state index < -0.39 is 11.9 Å². The zero-order chi connectivity index (χ0) is 20.4. The van der Waals surface area contributed by atoms with Crippen molar-refractivity contribution < 1.29 is 19.1 Å². The molecule has 0 aliphatic heterocycles. The number of hydrogen-bond acceptors (Lipinski definition) is 7. The van der Waals surface area contributed by atoms with Crippen LogP contribution in [0.15, 0.2) is 29.6 Å². The molecule has 3 aromatic rings. The molecule has 0 fully saturated rings. The van der Waals surface area contributed by atoms with Crippen LogP contribution < -0.4 is 5.32 Å². The van der Waals surface area contributed by atoms with Gasteiger partial charge >= 0.3 is 11.9 Å². The molecule has 2 aromatic heterocycles. The van der Waals surface area contributed by atoms with Crippen molar-refractivity contribution >= 4 is 28.4 Å². The van der Waals surface area contributed by atoms with Gasteiger partial charge in [0.05, 0.1) is 31.0 Å². The first-order valence-electron chi connectivity index (χ1n) is 8.54. The summed E-state index contributed by atoms with van der Waals surface area (Å²) in [5.74, 6) is -1.04. The number of benzene rings is 1. The molecule has 1 aromatic carbocycles. The maximum atomic E-state index is 12.1. The fourth-order valence-corrected chi connectivity index (χ4v) is 3.82. The van der Waals surface area contributed by atoms with Gasteiger partial charge in [-0.05, 0) is 38.1 Å². The Labute approximate surface area is 166 Å². The van der Waals surface area contributed by atoms with Crippen molar-refractivity contribution in [3.8, 4) is 16.9 Å². The van der Waals surface area contributed by atoms with Crippen molar-refractivity contribution in [1.82, 2.24) is 9.55 Å². The molecule has 0 aliphatic rings. The van der Waals surface area contributed by atoms with E-state index in [0.717, 1.165) is 27.8 Å². The van der Waals surface area contributed by atoms with Crippen molar-refractivity contribution in [2.24, 2.45) is 0 Å². The average Bonchev–Trinajstić information content (AvgIpc) is 3.30. The van der Waals surface area contributed by atoms with Gasteiger partial charge in [0.25, 0.3) is 0 Å². The van der Waals surface area contributed by atoms with E-state index >= 15 is 0 Å². The van der Waals surface area contributed by atoms with Crippen LogP contribution in [0, 0.1) is 13.8 Å². The van der Waals surface area contributed by atoms with Crippen LogP contribution in [0.4, 0.5) is 5.13 Å². The summed E-state index contributed by atoms with van der Waals surface area (Å²) in [5.41, 5.74) is 4.98. The largest absolute Gasteiger partial charge is 0.465 e. The van der Waals surface area contributed by atoms with E-state index in [1.807, 2.05) is 36.9 Å². The summed E-state index contributed by atoms with van der Waals surface area (Å²) in [6.45, 7) is 3.94. The Hall–Kier alpha value is -3.13. The summed E-state index contributed by atoms with van der Waals surface area (Å²) in [7, 11) is 4.44. The van der Waals surface area contributed by atoms with Gasteiger partial charge < -0.3 is 19.4 Å². The van der Waals surface area contributed by atoms with Crippen molar-refractivity contribution in [1.29, 1.82) is 0 Å². The lowest BCUT2D eigenvalue weighted by Crippen LogP contribution is -2.09. The number of aromatic nitrogens is 2. The minimum atomic E-state index is -0.521. The summed E-state index contributed by atoms with van der Waals surface area (Å²) in [6, 6.07) is 6.90. The van der Waals surface area contributed by atoms with Crippen LogP contribution in [0.25, 0.3) is 16.9 Å². The Morgan fingerprint density at radius 1 is 1.04 bits per heavy atom. The minimum Gasteiger partial charge on any atom is -0.465 e. The number of carbonyl (C=O) groups excluding carboxylic acids is 2. The summed E-state index contributed by atoms with van der Waals surface area (Å²) in [6.07, 6.45) is 0. The highest BCUT2D eigenvalue weighted by molar-refractivity contribution is 7.14. The summed E-state index contributed by atoms with van der Waals surface area (Å²) in [4.78, 5) is 28.8. The SMILES string of the molecule is CNc1nc(-c2cc(C)n(-c3cc(C(=O)OC)cc(C(=O)OC)c3)c2C)cs1. The zero-order valence-electron chi connectivity index (χ0n) is 16.3. The maximum Gasteiger partial charge on any atom is 0.337 e. The van der Waals surface area contributed by atoms with E-state index in [-0.39, 0.29) is 11.1 Å². The number of methoxy groups -OCH3 is 2. The molecule has 0 spiro atoms. The van der Waals surface area contributed by atoms with Gasteiger partial charge in [-0.1, -0.05) is 0 Å². The van der Waals surface area contributed by atoms with Crippen molar-refractivity contribution in [2.45, 2.75) is 13.8 Å². The molecule has 0 unspecified atom stereocenters. The first-order valence-corrected chi connectivity index (χ1v) is 9.42. The van der Waals surface area contributed by atoms with Gasteiger partial charge in [-0.2, -0.15) is 0 Å². The highest BCUT2D eigenvalue weighted by atomic mass is 32.1. The number of nitrogens with one attached hydrogen (secondary N) is 1. The third-order valence-corrected chi connectivity index (χ3v) is 5.30. The van der Waals surface area contributed by atoms with E-state index in [9.17, 15) is 9.59 Å². The second-order valence-electron chi connectivity index (χ2n) is 6.16. The summed E-state index contributed by atoms with van der Waals surface area (Å²) < 4.78 is 11.6. The second-order valence-corrected chi connectivity index (χ2v) is 7.02. The molecule has 0 saturated heterocycles. The van der Waals surface area contributed by atoms with Crippen LogP contribution in [0.2, 0.25) is 0 Å². The van der Waals surface area contributed by atoms with Gasteiger partial charge in [0, 0.05) is 35.1 Å². The fourth-order valence-electron chi connectivity index (χ4n) is 3.14. The van der Waals surface area contributed by atoms with Gasteiger partial charge in [0.1, 0.15) is 0 Å². The lowest BCUT2D eigenvalue weighted by molar-refractivity contribution is 0.0599. The normalized spacial score (nSPS) is 10.6. The number of ether oxygens (including phenoxy) is 2. The highest BCUT2D eigenvalue weighted by Gasteiger charge is 2.19. The van der Waals surface area contributed by atoms with Crippen LogP contribution in [0.3, 0.4) is 0 Å². The smallest absolute Gasteiger partial charge is 0.337 e.